The van der Waals surface area contributed by atoms with E-state index in [1.54, 1.807) is 24.3 Å². The molecule has 3 N–H and O–H groups in total. The predicted molar refractivity (Wildman–Crippen MR) is 115 cm³/mol. The van der Waals surface area contributed by atoms with Crippen molar-refractivity contribution in [1.29, 1.82) is 0 Å². The Bertz CT molecular complexity index is 1000. The number of rotatable bonds is 8. The van der Waals surface area contributed by atoms with Crippen molar-refractivity contribution < 1.29 is 24.9 Å². The van der Waals surface area contributed by atoms with Crippen LogP contribution in [0.2, 0.25) is 0 Å². The number of aryl methyl sites for hydroxylation is 1. The highest BCUT2D eigenvalue weighted by molar-refractivity contribution is 5.80. The summed E-state index contributed by atoms with van der Waals surface area (Å²) in [6.45, 7) is 2.08. The van der Waals surface area contributed by atoms with Gasteiger partial charge in [0.05, 0.1) is 11.1 Å². The molecule has 0 aromatic heterocycles. The molecule has 3 rings (SSSR count). The van der Waals surface area contributed by atoms with Crippen LogP contribution in [0.25, 0.3) is 0 Å². The van der Waals surface area contributed by atoms with Gasteiger partial charge in [-0.3, -0.25) is 9.59 Å². The van der Waals surface area contributed by atoms with Gasteiger partial charge in [-0.1, -0.05) is 37.6 Å². The molecule has 0 atom stereocenters. The first-order valence-corrected chi connectivity index (χ1v) is 9.83. The summed E-state index contributed by atoms with van der Waals surface area (Å²) in [6.07, 6.45) is 3.83. The fraction of sp³-hybridized carbons (Fsp3) is 0.200. The summed E-state index contributed by atoms with van der Waals surface area (Å²) in [6, 6.07) is 13.6. The number of hydrogen-bond donors (Lipinski definition) is 3. The second kappa shape index (κ2) is 9.27. The van der Waals surface area contributed by atoms with Gasteiger partial charge in [-0.2, -0.15) is 0 Å². The van der Waals surface area contributed by atoms with Crippen molar-refractivity contribution in [3.63, 3.8) is 0 Å². The monoisotopic (exact) mass is 404 g/mol. The molecule has 0 fully saturated rings. The average molecular weight is 404 g/mol. The number of carbonyl (C=O) groups excluding carboxylic acids is 2. The average Bonchev–Trinajstić information content (AvgIpc) is 2.74. The Balaban J connectivity index is 1.99. The van der Waals surface area contributed by atoms with Crippen LogP contribution in [0.1, 0.15) is 61.9 Å². The van der Waals surface area contributed by atoms with E-state index < -0.39 is 0 Å². The first-order chi connectivity index (χ1) is 14.4. The molecule has 5 nitrogen and oxygen atoms in total. The highest BCUT2D eigenvalue weighted by Gasteiger charge is 2.13. The number of phenols is 3. The van der Waals surface area contributed by atoms with Crippen LogP contribution in [0.3, 0.4) is 0 Å². The van der Waals surface area contributed by atoms with Gasteiger partial charge in [-0.05, 0) is 58.5 Å². The summed E-state index contributed by atoms with van der Waals surface area (Å²) in [4.78, 5) is 22.2. The van der Waals surface area contributed by atoms with Crippen LogP contribution in [0, 0.1) is 0 Å². The quantitative estimate of drug-likeness (QED) is 0.478. The van der Waals surface area contributed by atoms with Crippen LogP contribution >= 0.6 is 0 Å². The molecule has 0 aliphatic carbocycles. The lowest BCUT2D eigenvalue weighted by atomic mass is 9.93. The van der Waals surface area contributed by atoms with Gasteiger partial charge < -0.3 is 15.3 Å². The standard InChI is InChI=1S/C25H24O5/c1-2-3-16-8-19(10-17-4-6-23(28)21(12-17)14-26)25(30)20(9-16)11-18-5-7-24(29)22(13-18)15-27/h4-9,12-15,28-30H,2-3,10-11H2,1H3. The van der Waals surface area contributed by atoms with Crippen LogP contribution in [-0.4, -0.2) is 27.9 Å². The van der Waals surface area contributed by atoms with E-state index in [9.17, 15) is 24.9 Å². The molecule has 0 spiro atoms. The molecular formula is C25H24O5. The largest absolute Gasteiger partial charge is 0.507 e. The van der Waals surface area contributed by atoms with Crippen LogP contribution in [0.15, 0.2) is 48.5 Å². The maximum Gasteiger partial charge on any atom is 0.153 e. The van der Waals surface area contributed by atoms with Gasteiger partial charge in [0.1, 0.15) is 17.2 Å². The van der Waals surface area contributed by atoms with Crippen LogP contribution in [-0.2, 0) is 19.3 Å². The van der Waals surface area contributed by atoms with E-state index in [0.717, 1.165) is 40.7 Å². The van der Waals surface area contributed by atoms with E-state index in [4.69, 9.17) is 0 Å². The lowest BCUT2D eigenvalue weighted by Crippen LogP contribution is -1.99. The van der Waals surface area contributed by atoms with E-state index >= 15 is 0 Å². The molecule has 0 amide bonds. The summed E-state index contributed by atoms with van der Waals surface area (Å²) in [5.41, 5.74) is 4.57. The van der Waals surface area contributed by atoms with E-state index in [1.165, 1.54) is 12.1 Å². The summed E-state index contributed by atoms with van der Waals surface area (Å²) in [5, 5.41) is 30.4. The van der Waals surface area contributed by atoms with Crippen LogP contribution < -0.4 is 0 Å². The molecule has 3 aromatic rings. The summed E-state index contributed by atoms with van der Waals surface area (Å²) >= 11 is 0. The van der Waals surface area contributed by atoms with Crippen molar-refractivity contribution in [2.75, 3.05) is 0 Å². The maximum atomic E-state index is 11.1. The Kier molecular flexibility index (Phi) is 6.52. The lowest BCUT2D eigenvalue weighted by Gasteiger charge is -2.14. The molecule has 3 aromatic carbocycles. The van der Waals surface area contributed by atoms with Gasteiger partial charge in [-0.15, -0.1) is 0 Å². The zero-order chi connectivity index (χ0) is 21.7. The number of benzene rings is 3. The van der Waals surface area contributed by atoms with E-state index in [2.05, 4.69) is 6.92 Å². The Morgan fingerprint density at radius 2 is 1.17 bits per heavy atom. The third-order valence-corrected chi connectivity index (χ3v) is 5.09. The number of carbonyl (C=O) groups is 2. The van der Waals surface area contributed by atoms with Gasteiger partial charge in [0.15, 0.2) is 12.6 Å². The summed E-state index contributed by atoms with van der Waals surface area (Å²) in [5.74, 6) is 0.0183. The zero-order valence-corrected chi connectivity index (χ0v) is 16.8. The third kappa shape index (κ3) is 4.69. The molecule has 0 aliphatic rings. The Morgan fingerprint density at radius 1 is 0.700 bits per heavy atom. The van der Waals surface area contributed by atoms with Gasteiger partial charge in [-0.25, -0.2) is 0 Å². The zero-order valence-electron chi connectivity index (χ0n) is 16.8. The molecule has 0 saturated heterocycles. The molecule has 154 valence electrons. The van der Waals surface area contributed by atoms with Crippen molar-refractivity contribution >= 4 is 12.6 Å². The smallest absolute Gasteiger partial charge is 0.153 e. The second-order valence-electron chi connectivity index (χ2n) is 7.39. The van der Waals surface area contributed by atoms with E-state index in [0.29, 0.717) is 25.4 Å². The Hall–Kier alpha value is -3.60. The highest BCUT2D eigenvalue weighted by Crippen LogP contribution is 2.31. The normalized spacial score (nSPS) is 10.7. The molecule has 5 heteroatoms. The number of aromatic hydroxyl groups is 3. The third-order valence-electron chi connectivity index (χ3n) is 5.09. The minimum absolute atomic E-state index is 0.0725. The molecular weight excluding hydrogens is 380 g/mol. The van der Waals surface area contributed by atoms with Crippen molar-refractivity contribution in [2.45, 2.75) is 32.6 Å². The number of hydrogen-bond acceptors (Lipinski definition) is 5. The van der Waals surface area contributed by atoms with Gasteiger partial charge >= 0.3 is 0 Å². The van der Waals surface area contributed by atoms with Crippen LogP contribution in [0.5, 0.6) is 17.2 Å². The lowest BCUT2D eigenvalue weighted by molar-refractivity contribution is 0.111. The fourth-order valence-corrected chi connectivity index (χ4v) is 3.59. The highest BCUT2D eigenvalue weighted by atomic mass is 16.3. The summed E-state index contributed by atoms with van der Waals surface area (Å²) in [7, 11) is 0. The minimum Gasteiger partial charge on any atom is -0.507 e. The number of phenolic OH excluding ortho intramolecular Hbond substituents is 3. The van der Waals surface area contributed by atoms with Gasteiger partial charge in [0, 0.05) is 12.8 Å². The fourth-order valence-electron chi connectivity index (χ4n) is 3.59. The molecule has 0 unspecified atom stereocenters. The van der Waals surface area contributed by atoms with Crippen molar-refractivity contribution in [3.8, 4) is 17.2 Å². The molecule has 0 aliphatic heterocycles. The SMILES string of the molecule is CCCc1cc(Cc2ccc(O)c(C=O)c2)c(O)c(Cc2ccc(O)c(C=O)c2)c1. The van der Waals surface area contributed by atoms with Crippen molar-refractivity contribution in [2.24, 2.45) is 0 Å². The van der Waals surface area contributed by atoms with Crippen LogP contribution in [0.4, 0.5) is 0 Å². The van der Waals surface area contributed by atoms with E-state index in [-0.39, 0.29) is 28.4 Å². The van der Waals surface area contributed by atoms with Crippen molar-refractivity contribution in [3.05, 3.63) is 87.5 Å². The second-order valence-corrected chi connectivity index (χ2v) is 7.39. The minimum atomic E-state index is -0.0725. The first kappa shape index (κ1) is 21.1. The van der Waals surface area contributed by atoms with E-state index in [1.807, 2.05) is 12.1 Å². The maximum absolute atomic E-state index is 11.1. The predicted octanol–water partition coefficient (Wildman–Crippen LogP) is 4.56. The number of aldehydes is 2. The molecule has 30 heavy (non-hydrogen) atoms. The van der Waals surface area contributed by atoms with Gasteiger partial charge in [0.25, 0.3) is 0 Å². The molecule has 0 saturated carbocycles. The molecule has 0 radical (unpaired) electrons. The van der Waals surface area contributed by atoms with Gasteiger partial charge in [0.2, 0.25) is 0 Å². The Morgan fingerprint density at radius 3 is 1.57 bits per heavy atom. The Labute approximate surface area is 175 Å². The summed E-state index contributed by atoms with van der Waals surface area (Å²) < 4.78 is 0. The first-order valence-electron chi connectivity index (χ1n) is 9.83. The molecule has 0 heterocycles. The van der Waals surface area contributed by atoms with Crippen molar-refractivity contribution in [1.82, 2.24) is 0 Å². The topological polar surface area (TPSA) is 94.8 Å². The molecule has 0 bridgehead atoms.